The Morgan fingerprint density at radius 3 is 2.65 bits per heavy atom. The molecule has 4 N–H and O–H groups in total. The molecule has 3 atom stereocenters. The Balaban J connectivity index is 1.55. The van der Waals surface area contributed by atoms with Crippen molar-refractivity contribution in [3.05, 3.63) is 46.8 Å². The molecule has 3 unspecified atom stereocenters. The van der Waals surface area contributed by atoms with E-state index in [1.54, 1.807) is 54.6 Å². The standard InChI is InChI=1S/C30H36F4N3O4PS/c1-41-27-14-20(42(2,3)40)9-10-25(27)35-12-5-8-28-22(15-30(32,33)34)21-6-4-7-26(29(21)43-28)36-24-11-13-37(17-23(24)31)16-19(39)18-38/h4,6-7,9-10,14,19,23-24,35-36,38-39H,11-13,15-18H2,1-3H3. The summed E-state index contributed by atoms with van der Waals surface area (Å²) in [5.74, 6) is 6.31. The summed E-state index contributed by atoms with van der Waals surface area (Å²) in [7, 11) is -0.993. The summed E-state index contributed by atoms with van der Waals surface area (Å²) in [5, 5.41) is 26.1. The van der Waals surface area contributed by atoms with Gasteiger partial charge < -0.3 is 30.1 Å². The molecular weight excluding hydrogens is 605 g/mol. The van der Waals surface area contributed by atoms with Gasteiger partial charge in [0.1, 0.15) is 19.1 Å². The topological polar surface area (TPSA) is 94.1 Å². The van der Waals surface area contributed by atoms with Crippen LogP contribution in [0, 0.1) is 11.8 Å². The first-order valence-corrected chi connectivity index (χ1v) is 17.2. The third-order valence-corrected chi connectivity index (χ3v) is 9.94. The van der Waals surface area contributed by atoms with Gasteiger partial charge in [-0.15, -0.1) is 11.3 Å². The highest BCUT2D eigenvalue weighted by Gasteiger charge is 2.33. The third kappa shape index (κ3) is 8.64. The Morgan fingerprint density at radius 2 is 2.00 bits per heavy atom. The molecule has 1 saturated heterocycles. The fraction of sp³-hybridized carbons (Fsp3) is 0.467. The predicted molar refractivity (Wildman–Crippen MR) is 165 cm³/mol. The predicted octanol–water partition coefficient (Wildman–Crippen LogP) is 4.90. The first kappa shape index (κ1) is 33.1. The number of β-amino-alcohol motifs (C(OH)–C–C–N with tert-alkyl or cyclic N) is 1. The molecule has 234 valence electrons. The minimum absolute atomic E-state index is 0.0713. The van der Waals surface area contributed by atoms with Gasteiger partial charge in [-0.05, 0) is 55.0 Å². The van der Waals surface area contributed by atoms with Gasteiger partial charge in [0, 0.05) is 24.9 Å². The Kier molecular flexibility index (Phi) is 10.7. The van der Waals surface area contributed by atoms with Crippen LogP contribution in [0.15, 0.2) is 36.4 Å². The van der Waals surface area contributed by atoms with Gasteiger partial charge in [0.15, 0.2) is 0 Å². The molecule has 2 aromatic carbocycles. The molecule has 4 rings (SSSR count). The number of hydrogen-bond acceptors (Lipinski definition) is 8. The summed E-state index contributed by atoms with van der Waals surface area (Å²) >= 11 is 1.14. The van der Waals surface area contributed by atoms with Crippen molar-refractivity contribution in [3.8, 4) is 17.6 Å². The first-order chi connectivity index (χ1) is 20.3. The summed E-state index contributed by atoms with van der Waals surface area (Å²) in [6.45, 7) is 3.79. The SMILES string of the molecule is COc1cc(P(C)(C)=O)ccc1NCC#Cc1sc2c(NC3CCN(CC(O)CO)CC3F)cccc2c1CC(F)(F)F. The lowest BCUT2D eigenvalue weighted by atomic mass is 10.0. The fourth-order valence-corrected chi connectivity index (χ4v) is 7.07. The molecule has 1 aliphatic heterocycles. The molecule has 0 radical (unpaired) electrons. The van der Waals surface area contributed by atoms with Gasteiger partial charge in [-0.25, -0.2) is 4.39 Å². The number of alkyl halides is 4. The van der Waals surface area contributed by atoms with Crippen molar-refractivity contribution in [3.63, 3.8) is 0 Å². The Morgan fingerprint density at radius 1 is 1.23 bits per heavy atom. The molecule has 7 nitrogen and oxygen atoms in total. The van der Waals surface area contributed by atoms with Crippen LogP contribution in [-0.4, -0.2) is 92.8 Å². The molecule has 2 heterocycles. The molecule has 0 amide bonds. The van der Waals surface area contributed by atoms with E-state index in [4.69, 9.17) is 9.84 Å². The van der Waals surface area contributed by atoms with Gasteiger partial charge in [0.25, 0.3) is 0 Å². The normalized spacial score (nSPS) is 18.6. The van der Waals surface area contributed by atoms with E-state index in [-0.39, 0.29) is 30.1 Å². The van der Waals surface area contributed by atoms with Gasteiger partial charge in [0.2, 0.25) is 0 Å². The van der Waals surface area contributed by atoms with Crippen molar-refractivity contribution in [1.29, 1.82) is 0 Å². The zero-order valence-corrected chi connectivity index (χ0v) is 25.9. The monoisotopic (exact) mass is 641 g/mol. The third-order valence-electron chi connectivity index (χ3n) is 7.22. The number of thiophene rings is 1. The van der Waals surface area contributed by atoms with Crippen LogP contribution in [0.2, 0.25) is 0 Å². The number of piperidine rings is 1. The minimum atomic E-state index is -4.45. The molecule has 3 aromatic rings. The second kappa shape index (κ2) is 13.9. The number of benzene rings is 2. The Bertz CT molecular complexity index is 1530. The minimum Gasteiger partial charge on any atom is -0.495 e. The number of ether oxygens (including phenoxy) is 1. The van der Waals surface area contributed by atoms with Crippen LogP contribution in [0.4, 0.5) is 28.9 Å². The largest absolute Gasteiger partial charge is 0.495 e. The van der Waals surface area contributed by atoms with Crippen LogP contribution in [0.5, 0.6) is 5.75 Å². The summed E-state index contributed by atoms with van der Waals surface area (Å²) in [4.78, 5) is 2.03. The van der Waals surface area contributed by atoms with Gasteiger partial charge in [-0.2, -0.15) is 13.2 Å². The number of fused-ring (bicyclic) bond motifs is 1. The zero-order valence-electron chi connectivity index (χ0n) is 24.2. The number of methoxy groups -OCH3 is 1. The van der Waals surface area contributed by atoms with Crippen LogP contribution >= 0.6 is 18.5 Å². The van der Waals surface area contributed by atoms with Gasteiger partial charge in [0.05, 0.1) is 59.8 Å². The van der Waals surface area contributed by atoms with Crippen LogP contribution < -0.4 is 20.7 Å². The van der Waals surface area contributed by atoms with E-state index in [1.165, 1.54) is 7.11 Å². The first-order valence-electron chi connectivity index (χ1n) is 13.8. The quantitative estimate of drug-likeness (QED) is 0.142. The van der Waals surface area contributed by atoms with E-state index in [1.807, 2.05) is 0 Å². The molecule has 43 heavy (non-hydrogen) atoms. The number of aliphatic hydroxyl groups excluding tert-OH is 2. The Hall–Kier alpha value is -2.81. The number of halogens is 4. The number of nitrogens with one attached hydrogen (secondary N) is 2. The summed E-state index contributed by atoms with van der Waals surface area (Å²) in [6, 6.07) is 9.62. The van der Waals surface area contributed by atoms with Gasteiger partial charge in [-0.1, -0.05) is 24.0 Å². The zero-order chi connectivity index (χ0) is 31.4. The van der Waals surface area contributed by atoms with Crippen LogP contribution in [-0.2, 0) is 11.0 Å². The smallest absolute Gasteiger partial charge is 0.393 e. The van der Waals surface area contributed by atoms with E-state index in [0.29, 0.717) is 45.5 Å². The maximum atomic E-state index is 15.1. The molecular formula is C30H36F4N3O4PS. The van der Waals surface area contributed by atoms with Crippen molar-refractivity contribution >= 4 is 45.2 Å². The van der Waals surface area contributed by atoms with Crippen LogP contribution in [0.3, 0.4) is 0 Å². The molecule has 0 aliphatic carbocycles. The van der Waals surface area contributed by atoms with E-state index in [2.05, 4.69) is 22.5 Å². The molecule has 0 bridgehead atoms. The van der Waals surface area contributed by atoms with Crippen molar-refractivity contribution in [2.45, 2.75) is 37.3 Å². The number of aliphatic hydroxyl groups is 2. The maximum Gasteiger partial charge on any atom is 0.393 e. The number of likely N-dealkylation sites (tertiary alicyclic amines) is 1. The summed E-state index contributed by atoms with van der Waals surface area (Å²) < 4.78 is 74.3. The molecule has 0 spiro atoms. The summed E-state index contributed by atoms with van der Waals surface area (Å²) in [5.41, 5.74) is 1.24. The molecule has 1 aromatic heterocycles. The fourth-order valence-electron chi connectivity index (χ4n) is 5.04. The van der Waals surface area contributed by atoms with Crippen LogP contribution in [0.25, 0.3) is 10.1 Å². The average Bonchev–Trinajstić information content (AvgIpc) is 3.28. The highest BCUT2D eigenvalue weighted by atomic mass is 32.1. The van der Waals surface area contributed by atoms with Crippen molar-refractivity contribution < 1.29 is 37.1 Å². The van der Waals surface area contributed by atoms with E-state index >= 15 is 4.39 Å². The van der Waals surface area contributed by atoms with Crippen LogP contribution in [0.1, 0.15) is 16.9 Å². The number of anilines is 2. The summed E-state index contributed by atoms with van der Waals surface area (Å²) in [6.07, 6.45) is -7.39. The second-order valence-corrected chi connectivity index (χ2v) is 15.2. The highest BCUT2D eigenvalue weighted by molar-refractivity contribution is 7.70. The van der Waals surface area contributed by atoms with Gasteiger partial charge in [-0.3, -0.25) is 4.90 Å². The molecule has 1 aliphatic rings. The molecule has 1 fully saturated rings. The average molecular weight is 642 g/mol. The lowest BCUT2D eigenvalue weighted by Gasteiger charge is -2.36. The lowest BCUT2D eigenvalue weighted by Crippen LogP contribution is -2.50. The number of hydrogen-bond donors (Lipinski definition) is 4. The molecule has 0 saturated carbocycles. The van der Waals surface area contributed by atoms with Crippen molar-refractivity contribution in [2.75, 3.05) is 63.9 Å². The number of rotatable bonds is 10. The van der Waals surface area contributed by atoms with Gasteiger partial charge >= 0.3 is 6.18 Å². The molecule has 13 heteroatoms. The lowest BCUT2D eigenvalue weighted by molar-refractivity contribution is -0.126. The maximum absolute atomic E-state index is 15.1. The van der Waals surface area contributed by atoms with E-state index in [0.717, 1.165) is 11.3 Å². The number of nitrogens with zero attached hydrogens (tertiary/aromatic N) is 1. The van der Waals surface area contributed by atoms with E-state index < -0.39 is 44.7 Å². The second-order valence-electron chi connectivity index (χ2n) is 10.9. The van der Waals surface area contributed by atoms with E-state index in [9.17, 15) is 22.8 Å². The van der Waals surface area contributed by atoms with Crippen molar-refractivity contribution in [2.24, 2.45) is 0 Å². The van der Waals surface area contributed by atoms with Crippen molar-refractivity contribution in [1.82, 2.24) is 4.90 Å². The Labute approximate surface area is 252 Å². The highest BCUT2D eigenvalue weighted by Crippen LogP contribution is 2.40.